The maximum absolute atomic E-state index is 4.37. The molecule has 0 aromatic rings. The van der Waals surface area contributed by atoms with Crippen LogP contribution in [-0.4, -0.2) is 50.1 Å². The van der Waals surface area contributed by atoms with E-state index in [4.69, 9.17) is 0 Å². The van der Waals surface area contributed by atoms with E-state index < -0.39 is 0 Å². The van der Waals surface area contributed by atoms with Gasteiger partial charge in [-0.1, -0.05) is 26.7 Å². The average Bonchev–Trinajstić information content (AvgIpc) is 3.08. The summed E-state index contributed by atoms with van der Waals surface area (Å²) in [5.74, 6) is 0.973. The summed E-state index contributed by atoms with van der Waals surface area (Å²) in [6.45, 7) is 9.14. The Hall–Kier alpha value is -0.770. The van der Waals surface area contributed by atoms with E-state index >= 15 is 0 Å². The Morgan fingerprint density at radius 3 is 2.65 bits per heavy atom. The fourth-order valence-corrected chi connectivity index (χ4v) is 3.68. The van der Waals surface area contributed by atoms with Crippen molar-refractivity contribution in [2.75, 3.05) is 33.2 Å². The molecule has 1 saturated carbocycles. The summed E-state index contributed by atoms with van der Waals surface area (Å²) in [7, 11) is 1.87. The molecule has 2 rings (SSSR count). The summed E-state index contributed by atoms with van der Waals surface area (Å²) in [4.78, 5) is 6.94. The third kappa shape index (κ3) is 4.11. The van der Waals surface area contributed by atoms with E-state index in [1.54, 1.807) is 0 Å². The van der Waals surface area contributed by atoms with Gasteiger partial charge in [0.05, 0.1) is 0 Å². The van der Waals surface area contributed by atoms with E-state index in [1.807, 2.05) is 7.05 Å². The fraction of sp³-hybridized carbons (Fsp3) is 0.938. The summed E-state index contributed by atoms with van der Waals surface area (Å²) in [6, 6.07) is 0.681. The Morgan fingerprint density at radius 1 is 1.25 bits per heavy atom. The number of likely N-dealkylation sites (N-methyl/N-ethyl adjacent to an activating group) is 1. The van der Waals surface area contributed by atoms with Gasteiger partial charge in [0.15, 0.2) is 5.96 Å². The Balaban J connectivity index is 1.72. The van der Waals surface area contributed by atoms with Gasteiger partial charge in [-0.15, -0.1) is 0 Å². The normalized spacial score (nSPS) is 26.9. The molecule has 2 aliphatic rings. The third-order valence-corrected chi connectivity index (χ3v) is 5.13. The van der Waals surface area contributed by atoms with Crippen molar-refractivity contribution in [2.24, 2.45) is 10.4 Å². The first-order valence-electron chi connectivity index (χ1n) is 8.35. The first-order chi connectivity index (χ1) is 9.67. The van der Waals surface area contributed by atoms with Crippen molar-refractivity contribution in [1.29, 1.82) is 0 Å². The molecule has 0 amide bonds. The highest BCUT2D eigenvalue weighted by Crippen LogP contribution is 2.36. The van der Waals surface area contributed by atoms with Crippen LogP contribution in [-0.2, 0) is 0 Å². The average molecular weight is 280 g/mol. The van der Waals surface area contributed by atoms with Crippen LogP contribution in [0.4, 0.5) is 0 Å². The quantitative estimate of drug-likeness (QED) is 0.599. The highest BCUT2D eigenvalue weighted by atomic mass is 15.2. The molecule has 20 heavy (non-hydrogen) atoms. The van der Waals surface area contributed by atoms with Gasteiger partial charge in [0.25, 0.3) is 0 Å². The number of hydrogen-bond donors (Lipinski definition) is 2. The summed E-state index contributed by atoms with van der Waals surface area (Å²) in [5.41, 5.74) is 0.473. The molecule has 1 aliphatic carbocycles. The van der Waals surface area contributed by atoms with Gasteiger partial charge < -0.3 is 10.6 Å². The second kappa shape index (κ2) is 7.30. The zero-order chi connectivity index (χ0) is 14.4. The van der Waals surface area contributed by atoms with Crippen molar-refractivity contribution in [1.82, 2.24) is 15.5 Å². The standard InChI is InChI=1S/C16H32N4/c1-4-20-11-7-8-14(20)12-18-15(17-3)19-13-16(2)9-5-6-10-16/h14H,4-13H2,1-3H3,(H2,17,18,19). The molecule has 116 valence electrons. The van der Waals surface area contributed by atoms with Crippen LogP contribution in [0.2, 0.25) is 0 Å². The highest BCUT2D eigenvalue weighted by molar-refractivity contribution is 5.79. The number of aliphatic imine (C=N–C) groups is 1. The van der Waals surface area contributed by atoms with Gasteiger partial charge in [-0.25, -0.2) is 0 Å². The molecule has 0 bridgehead atoms. The molecule has 1 heterocycles. The Kier molecular flexibility index (Phi) is 5.70. The molecule has 0 spiro atoms. The minimum absolute atomic E-state index is 0.473. The lowest BCUT2D eigenvalue weighted by atomic mass is 9.89. The lowest BCUT2D eigenvalue weighted by Crippen LogP contribution is -2.46. The van der Waals surface area contributed by atoms with Crippen LogP contribution in [0.3, 0.4) is 0 Å². The molecule has 0 aromatic carbocycles. The number of nitrogens with one attached hydrogen (secondary N) is 2. The van der Waals surface area contributed by atoms with Gasteiger partial charge in [-0.3, -0.25) is 9.89 Å². The molecule has 0 radical (unpaired) electrons. The Labute approximate surface area is 124 Å². The number of guanidine groups is 1. The summed E-state index contributed by atoms with van der Waals surface area (Å²) < 4.78 is 0. The van der Waals surface area contributed by atoms with Crippen molar-refractivity contribution in [2.45, 2.75) is 58.4 Å². The molecular weight excluding hydrogens is 248 g/mol. The predicted molar refractivity (Wildman–Crippen MR) is 86.2 cm³/mol. The zero-order valence-corrected chi connectivity index (χ0v) is 13.5. The maximum Gasteiger partial charge on any atom is 0.191 e. The lowest BCUT2D eigenvalue weighted by molar-refractivity contribution is 0.266. The molecule has 2 fully saturated rings. The van der Waals surface area contributed by atoms with Crippen LogP contribution >= 0.6 is 0 Å². The first kappa shape index (κ1) is 15.6. The van der Waals surface area contributed by atoms with Crippen LogP contribution in [0.15, 0.2) is 4.99 Å². The van der Waals surface area contributed by atoms with Crippen molar-refractivity contribution >= 4 is 5.96 Å². The summed E-state index contributed by atoms with van der Waals surface area (Å²) in [5, 5.41) is 7.04. The van der Waals surface area contributed by atoms with Crippen LogP contribution in [0.1, 0.15) is 52.4 Å². The maximum atomic E-state index is 4.37. The molecule has 1 atom stereocenters. The zero-order valence-electron chi connectivity index (χ0n) is 13.5. The molecule has 4 heteroatoms. The van der Waals surface area contributed by atoms with Crippen LogP contribution in [0, 0.1) is 5.41 Å². The van der Waals surface area contributed by atoms with Gasteiger partial charge in [-0.2, -0.15) is 0 Å². The SMILES string of the molecule is CCN1CCCC1CNC(=NC)NCC1(C)CCCC1. The summed E-state index contributed by atoms with van der Waals surface area (Å²) in [6.07, 6.45) is 8.13. The van der Waals surface area contributed by atoms with Crippen molar-refractivity contribution in [3.8, 4) is 0 Å². The molecule has 1 unspecified atom stereocenters. The smallest absolute Gasteiger partial charge is 0.191 e. The first-order valence-corrected chi connectivity index (χ1v) is 8.35. The monoisotopic (exact) mass is 280 g/mol. The molecular formula is C16H32N4. The Bertz CT molecular complexity index is 320. The van der Waals surface area contributed by atoms with Crippen molar-refractivity contribution in [3.05, 3.63) is 0 Å². The second-order valence-corrected chi connectivity index (χ2v) is 6.75. The predicted octanol–water partition coefficient (Wildman–Crippen LogP) is 2.22. The van der Waals surface area contributed by atoms with E-state index in [0.717, 1.165) is 25.6 Å². The molecule has 2 N–H and O–H groups in total. The van der Waals surface area contributed by atoms with Gasteiger partial charge in [-0.05, 0) is 44.2 Å². The summed E-state index contributed by atoms with van der Waals surface area (Å²) >= 11 is 0. The lowest BCUT2D eigenvalue weighted by Gasteiger charge is -2.27. The number of likely N-dealkylation sites (tertiary alicyclic amines) is 1. The topological polar surface area (TPSA) is 39.7 Å². The molecule has 4 nitrogen and oxygen atoms in total. The third-order valence-electron chi connectivity index (χ3n) is 5.13. The van der Waals surface area contributed by atoms with Crippen LogP contribution in [0.5, 0.6) is 0 Å². The Morgan fingerprint density at radius 2 is 2.00 bits per heavy atom. The van der Waals surface area contributed by atoms with E-state index in [1.165, 1.54) is 45.1 Å². The van der Waals surface area contributed by atoms with E-state index in [2.05, 4.69) is 34.4 Å². The largest absolute Gasteiger partial charge is 0.356 e. The fourth-order valence-electron chi connectivity index (χ4n) is 3.68. The van der Waals surface area contributed by atoms with Gasteiger partial charge in [0.1, 0.15) is 0 Å². The number of nitrogens with zero attached hydrogens (tertiary/aromatic N) is 2. The minimum atomic E-state index is 0.473. The van der Waals surface area contributed by atoms with Gasteiger partial charge in [0.2, 0.25) is 0 Å². The van der Waals surface area contributed by atoms with Crippen LogP contribution < -0.4 is 10.6 Å². The number of rotatable bonds is 5. The number of hydrogen-bond acceptors (Lipinski definition) is 2. The van der Waals surface area contributed by atoms with Crippen LogP contribution in [0.25, 0.3) is 0 Å². The highest BCUT2D eigenvalue weighted by Gasteiger charge is 2.28. The van der Waals surface area contributed by atoms with Crippen molar-refractivity contribution in [3.63, 3.8) is 0 Å². The molecule has 1 saturated heterocycles. The van der Waals surface area contributed by atoms with Gasteiger partial charge >= 0.3 is 0 Å². The second-order valence-electron chi connectivity index (χ2n) is 6.75. The minimum Gasteiger partial charge on any atom is -0.356 e. The molecule has 0 aromatic heterocycles. The van der Waals surface area contributed by atoms with E-state index in [-0.39, 0.29) is 0 Å². The van der Waals surface area contributed by atoms with Gasteiger partial charge in [0, 0.05) is 26.2 Å². The van der Waals surface area contributed by atoms with E-state index in [0.29, 0.717) is 11.5 Å². The van der Waals surface area contributed by atoms with Crippen molar-refractivity contribution < 1.29 is 0 Å². The van der Waals surface area contributed by atoms with E-state index in [9.17, 15) is 0 Å². The molecule has 1 aliphatic heterocycles.